The Morgan fingerprint density at radius 3 is 2.41 bits per heavy atom. The van der Waals surface area contributed by atoms with Crippen molar-refractivity contribution >= 4 is 17.3 Å². The minimum absolute atomic E-state index is 0.0237. The smallest absolute Gasteiger partial charge is 0.416 e. The molecule has 3 rings (SSSR count). The number of ether oxygens (including phenoxy) is 1. The molecule has 0 radical (unpaired) electrons. The number of nitrogens with zero attached hydrogens (tertiary/aromatic N) is 2. The molecule has 1 saturated heterocycles. The van der Waals surface area contributed by atoms with Gasteiger partial charge in [-0.1, -0.05) is 32.9 Å². The Labute approximate surface area is 239 Å². The second-order valence-electron chi connectivity index (χ2n) is 11.0. The average Bonchev–Trinajstić information content (AvgIpc) is 2.94. The van der Waals surface area contributed by atoms with Crippen LogP contribution in [-0.2, 0) is 11.0 Å². The van der Waals surface area contributed by atoms with Crippen LogP contribution in [0, 0.1) is 16.0 Å². The number of halogens is 3. The molecular weight excluding hydrogens is 537 g/mol. The molecule has 11 heteroatoms. The van der Waals surface area contributed by atoms with Gasteiger partial charge in [-0.3, -0.25) is 14.9 Å². The lowest BCUT2D eigenvalue weighted by Crippen LogP contribution is -2.37. The number of likely N-dealkylation sites (tertiary alicyclic amines) is 1. The largest absolute Gasteiger partial charge is 0.486 e. The zero-order valence-corrected chi connectivity index (χ0v) is 24.0. The summed E-state index contributed by atoms with van der Waals surface area (Å²) in [6.45, 7) is 9.12. The molecule has 0 saturated carbocycles. The third kappa shape index (κ3) is 10.2. The number of rotatable bonds is 14. The minimum Gasteiger partial charge on any atom is -0.486 e. The van der Waals surface area contributed by atoms with Crippen LogP contribution in [0.1, 0.15) is 69.9 Å². The fraction of sp³-hybridized carbons (Fsp3) is 0.567. The van der Waals surface area contributed by atoms with Crippen molar-refractivity contribution in [1.82, 2.24) is 10.2 Å². The molecule has 0 aromatic heterocycles. The standard InChI is InChI=1S/C30H41F3N4O4/c1-4-25(35-26-9-10-27(37(39)40)28(19-26)41-20-21(2)3)11-15-34-29(38)14-18-36-16-12-23(13-17-36)22-5-7-24(8-6-22)30(31,32)33/h5-10,19,21,23,25,35H,4,11-18,20H2,1-3H3,(H,34,38). The molecule has 1 aliphatic rings. The summed E-state index contributed by atoms with van der Waals surface area (Å²) in [5, 5.41) is 17.7. The second-order valence-corrected chi connectivity index (χ2v) is 11.0. The first-order chi connectivity index (χ1) is 19.5. The molecule has 1 amide bonds. The number of hydrogen-bond acceptors (Lipinski definition) is 6. The third-order valence-corrected chi connectivity index (χ3v) is 7.36. The molecule has 226 valence electrons. The molecule has 1 fully saturated rings. The van der Waals surface area contributed by atoms with E-state index in [0.29, 0.717) is 32.5 Å². The molecule has 2 aromatic carbocycles. The summed E-state index contributed by atoms with van der Waals surface area (Å²) < 4.78 is 44.1. The van der Waals surface area contributed by atoms with Gasteiger partial charge in [-0.15, -0.1) is 0 Å². The van der Waals surface area contributed by atoms with Gasteiger partial charge in [-0.25, -0.2) is 0 Å². The molecule has 2 N–H and O–H groups in total. The highest BCUT2D eigenvalue weighted by molar-refractivity contribution is 5.76. The molecule has 0 bridgehead atoms. The van der Waals surface area contributed by atoms with Crippen LogP contribution in [0.4, 0.5) is 24.5 Å². The molecule has 0 spiro atoms. The van der Waals surface area contributed by atoms with Crippen molar-refractivity contribution in [2.75, 3.05) is 38.1 Å². The van der Waals surface area contributed by atoms with Crippen molar-refractivity contribution in [3.05, 3.63) is 63.7 Å². The number of carbonyl (C=O) groups excluding carboxylic acids is 1. The van der Waals surface area contributed by atoms with Gasteiger partial charge in [0.15, 0.2) is 5.75 Å². The molecule has 2 aromatic rings. The van der Waals surface area contributed by atoms with E-state index in [1.807, 2.05) is 20.8 Å². The number of hydrogen-bond donors (Lipinski definition) is 2. The van der Waals surface area contributed by atoms with Gasteiger partial charge >= 0.3 is 11.9 Å². The molecule has 1 heterocycles. The summed E-state index contributed by atoms with van der Waals surface area (Å²) >= 11 is 0. The van der Waals surface area contributed by atoms with E-state index in [2.05, 4.69) is 15.5 Å². The lowest BCUT2D eigenvalue weighted by atomic mass is 9.89. The van der Waals surface area contributed by atoms with Gasteiger partial charge in [-0.05, 0) is 74.4 Å². The number of nitro benzene ring substituents is 1. The van der Waals surface area contributed by atoms with Crippen molar-refractivity contribution in [3.8, 4) is 5.75 Å². The SMILES string of the molecule is CCC(CCNC(=O)CCN1CCC(c2ccc(C(F)(F)F)cc2)CC1)Nc1ccc([N+](=O)[O-])c(OCC(C)C)c1. The maximum Gasteiger partial charge on any atom is 0.416 e. The Morgan fingerprint density at radius 2 is 1.83 bits per heavy atom. The average molecular weight is 579 g/mol. The summed E-state index contributed by atoms with van der Waals surface area (Å²) in [7, 11) is 0. The van der Waals surface area contributed by atoms with Crippen molar-refractivity contribution in [3.63, 3.8) is 0 Å². The summed E-state index contributed by atoms with van der Waals surface area (Å²) in [5.41, 5.74) is 0.966. The molecule has 1 unspecified atom stereocenters. The van der Waals surface area contributed by atoms with Gasteiger partial charge in [0.1, 0.15) is 0 Å². The molecule has 1 aliphatic heterocycles. The molecule has 1 atom stereocenters. The van der Waals surface area contributed by atoms with Gasteiger partial charge in [0.25, 0.3) is 0 Å². The summed E-state index contributed by atoms with van der Waals surface area (Å²) in [5.74, 6) is 0.678. The van der Waals surface area contributed by atoms with E-state index in [4.69, 9.17) is 4.74 Å². The lowest BCUT2D eigenvalue weighted by Gasteiger charge is -2.32. The highest BCUT2D eigenvalue weighted by Gasteiger charge is 2.30. The van der Waals surface area contributed by atoms with E-state index in [1.54, 1.807) is 24.3 Å². The van der Waals surface area contributed by atoms with Gasteiger partial charge in [0.2, 0.25) is 5.91 Å². The van der Waals surface area contributed by atoms with Gasteiger partial charge in [0, 0.05) is 43.4 Å². The Hall–Kier alpha value is -3.34. The maximum atomic E-state index is 12.8. The molecular formula is C30H41F3N4O4. The Morgan fingerprint density at radius 1 is 1.15 bits per heavy atom. The summed E-state index contributed by atoms with van der Waals surface area (Å²) in [4.78, 5) is 25.6. The van der Waals surface area contributed by atoms with Crippen molar-refractivity contribution in [2.24, 2.45) is 5.92 Å². The van der Waals surface area contributed by atoms with E-state index in [1.165, 1.54) is 6.07 Å². The first kappa shape index (κ1) is 32.2. The summed E-state index contributed by atoms with van der Waals surface area (Å²) in [6.07, 6.45) is -0.736. The number of amides is 1. The van der Waals surface area contributed by atoms with E-state index < -0.39 is 16.7 Å². The normalized spacial score (nSPS) is 15.5. The quantitative estimate of drug-likeness (QED) is 0.193. The van der Waals surface area contributed by atoms with Crippen LogP contribution in [0.3, 0.4) is 0 Å². The molecule has 0 aliphatic carbocycles. The molecule has 8 nitrogen and oxygen atoms in total. The fourth-order valence-corrected chi connectivity index (χ4v) is 4.91. The van der Waals surface area contributed by atoms with Crippen LogP contribution >= 0.6 is 0 Å². The van der Waals surface area contributed by atoms with Gasteiger partial charge in [0.05, 0.1) is 17.1 Å². The van der Waals surface area contributed by atoms with Gasteiger partial charge in [-0.2, -0.15) is 13.2 Å². The molecule has 41 heavy (non-hydrogen) atoms. The van der Waals surface area contributed by atoms with E-state index in [9.17, 15) is 28.1 Å². The van der Waals surface area contributed by atoms with Crippen molar-refractivity contribution < 1.29 is 27.6 Å². The van der Waals surface area contributed by atoms with Crippen molar-refractivity contribution in [1.29, 1.82) is 0 Å². The van der Waals surface area contributed by atoms with E-state index in [-0.39, 0.29) is 35.2 Å². The van der Waals surface area contributed by atoms with Crippen LogP contribution in [0.15, 0.2) is 42.5 Å². The highest BCUT2D eigenvalue weighted by Crippen LogP contribution is 2.33. The zero-order valence-electron chi connectivity index (χ0n) is 24.0. The number of alkyl halides is 3. The van der Waals surface area contributed by atoms with E-state index in [0.717, 1.165) is 55.7 Å². The Kier molecular flexibility index (Phi) is 11.8. The lowest BCUT2D eigenvalue weighted by molar-refractivity contribution is -0.385. The van der Waals surface area contributed by atoms with Crippen LogP contribution in [0.5, 0.6) is 5.75 Å². The topological polar surface area (TPSA) is 96.7 Å². The zero-order chi connectivity index (χ0) is 30.0. The van der Waals surface area contributed by atoms with E-state index >= 15 is 0 Å². The second kappa shape index (κ2) is 15.0. The third-order valence-electron chi connectivity index (χ3n) is 7.36. The predicted octanol–water partition coefficient (Wildman–Crippen LogP) is 6.61. The monoisotopic (exact) mass is 578 g/mol. The minimum atomic E-state index is -4.32. The van der Waals surface area contributed by atoms with Crippen molar-refractivity contribution in [2.45, 2.75) is 71.0 Å². The van der Waals surface area contributed by atoms with Crippen LogP contribution < -0.4 is 15.4 Å². The predicted molar refractivity (Wildman–Crippen MR) is 153 cm³/mol. The first-order valence-electron chi connectivity index (χ1n) is 14.3. The maximum absolute atomic E-state index is 12.8. The number of piperidine rings is 1. The number of nitrogens with one attached hydrogen (secondary N) is 2. The highest BCUT2D eigenvalue weighted by atomic mass is 19.4. The van der Waals surface area contributed by atoms with Gasteiger partial charge < -0.3 is 20.3 Å². The Balaban J connectivity index is 1.38. The fourth-order valence-electron chi connectivity index (χ4n) is 4.91. The first-order valence-corrected chi connectivity index (χ1v) is 14.3. The van der Waals surface area contributed by atoms with Crippen LogP contribution in [0.25, 0.3) is 0 Å². The summed E-state index contributed by atoms with van der Waals surface area (Å²) in [6, 6.07) is 10.3. The van der Waals surface area contributed by atoms with Crippen LogP contribution in [-0.4, -0.2) is 54.6 Å². The van der Waals surface area contributed by atoms with Crippen LogP contribution in [0.2, 0.25) is 0 Å². The number of anilines is 1. The number of benzene rings is 2. The Bertz CT molecular complexity index is 1130. The number of carbonyl (C=O) groups is 1. The number of nitro groups is 1.